The van der Waals surface area contributed by atoms with Gasteiger partial charge < -0.3 is 5.73 Å². The molecule has 0 amide bonds. The van der Waals surface area contributed by atoms with Crippen LogP contribution in [0, 0.1) is 5.82 Å². The van der Waals surface area contributed by atoms with E-state index in [-0.39, 0.29) is 11.9 Å². The average molecular weight is 220 g/mol. The summed E-state index contributed by atoms with van der Waals surface area (Å²) in [5.74, 6) is 0.612. The molecular weight excluding hydrogens is 207 g/mol. The normalized spacial score (nSPS) is 11.0. The van der Waals surface area contributed by atoms with E-state index in [1.165, 1.54) is 12.1 Å². The molecule has 0 saturated heterocycles. The number of nitrogens with two attached hydrogens (primary N) is 1. The van der Waals surface area contributed by atoms with E-state index in [1.54, 1.807) is 16.8 Å². The van der Waals surface area contributed by atoms with Crippen LogP contribution in [-0.2, 0) is 0 Å². The highest BCUT2D eigenvalue weighted by Crippen LogP contribution is 2.19. The first-order chi connectivity index (χ1) is 7.58. The van der Waals surface area contributed by atoms with Crippen LogP contribution < -0.4 is 5.73 Å². The molecule has 5 heteroatoms. The second-order valence-electron chi connectivity index (χ2n) is 3.84. The summed E-state index contributed by atoms with van der Waals surface area (Å²) in [5, 5.41) is 4.27. The zero-order valence-electron chi connectivity index (χ0n) is 9.18. The Morgan fingerprint density at radius 3 is 2.38 bits per heavy atom. The van der Waals surface area contributed by atoms with E-state index >= 15 is 0 Å². The van der Waals surface area contributed by atoms with E-state index in [4.69, 9.17) is 5.73 Å². The zero-order chi connectivity index (χ0) is 11.7. The van der Waals surface area contributed by atoms with E-state index in [1.807, 2.05) is 13.8 Å². The van der Waals surface area contributed by atoms with Crippen LogP contribution in [0.5, 0.6) is 0 Å². The maximum absolute atomic E-state index is 12.7. The van der Waals surface area contributed by atoms with Gasteiger partial charge in [0.05, 0.1) is 6.04 Å². The van der Waals surface area contributed by atoms with Crippen LogP contribution in [0.3, 0.4) is 0 Å². The smallest absolute Gasteiger partial charge is 0.219 e. The Bertz CT molecular complexity index is 487. The Morgan fingerprint density at radius 1 is 1.25 bits per heavy atom. The molecule has 0 saturated carbocycles. The zero-order valence-corrected chi connectivity index (χ0v) is 9.18. The first-order valence-electron chi connectivity index (χ1n) is 5.06. The molecule has 2 aromatic rings. The minimum atomic E-state index is -0.278. The SMILES string of the molecule is CC(C)n1nc(-c2ccc(F)cc2)nc1N. The molecule has 1 aromatic heterocycles. The Kier molecular flexibility index (Phi) is 2.60. The number of nitrogens with zero attached hydrogens (tertiary/aromatic N) is 3. The van der Waals surface area contributed by atoms with Crippen molar-refractivity contribution in [1.82, 2.24) is 14.8 Å². The molecule has 4 nitrogen and oxygen atoms in total. The van der Waals surface area contributed by atoms with Crippen molar-refractivity contribution in [3.05, 3.63) is 30.1 Å². The Labute approximate surface area is 92.9 Å². The molecule has 0 spiro atoms. The van der Waals surface area contributed by atoms with Crippen LogP contribution in [0.1, 0.15) is 19.9 Å². The lowest BCUT2D eigenvalue weighted by molar-refractivity contribution is 0.541. The summed E-state index contributed by atoms with van der Waals surface area (Å²) in [4.78, 5) is 4.14. The van der Waals surface area contributed by atoms with Crippen LogP contribution >= 0.6 is 0 Å². The van der Waals surface area contributed by atoms with Gasteiger partial charge in [-0.25, -0.2) is 9.07 Å². The number of benzene rings is 1. The predicted octanol–water partition coefficient (Wildman–Crippen LogP) is 2.25. The predicted molar refractivity (Wildman–Crippen MR) is 60.2 cm³/mol. The summed E-state index contributed by atoms with van der Waals surface area (Å²) >= 11 is 0. The fourth-order valence-electron chi connectivity index (χ4n) is 1.44. The summed E-state index contributed by atoms with van der Waals surface area (Å²) in [5.41, 5.74) is 6.48. The van der Waals surface area contributed by atoms with Crippen molar-refractivity contribution in [2.45, 2.75) is 19.9 Å². The lowest BCUT2D eigenvalue weighted by atomic mass is 10.2. The number of aromatic nitrogens is 3. The Hall–Kier alpha value is -1.91. The van der Waals surface area contributed by atoms with Crippen LogP contribution in [0.2, 0.25) is 0 Å². The molecule has 1 aromatic carbocycles. The van der Waals surface area contributed by atoms with E-state index in [0.29, 0.717) is 11.8 Å². The molecule has 0 aliphatic rings. The lowest BCUT2D eigenvalue weighted by Gasteiger charge is -2.04. The van der Waals surface area contributed by atoms with Gasteiger partial charge in [-0.05, 0) is 38.1 Å². The van der Waals surface area contributed by atoms with Crippen molar-refractivity contribution in [3.63, 3.8) is 0 Å². The maximum atomic E-state index is 12.7. The van der Waals surface area contributed by atoms with Gasteiger partial charge in [0.2, 0.25) is 5.95 Å². The van der Waals surface area contributed by atoms with Crippen molar-refractivity contribution >= 4 is 5.95 Å². The van der Waals surface area contributed by atoms with E-state index in [9.17, 15) is 4.39 Å². The van der Waals surface area contributed by atoms with Gasteiger partial charge in [0.1, 0.15) is 5.82 Å². The van der Waals surface area contributed by atoms with Crippen LogP contribution in [-0.4, -0.2) is 14.8 Å². The molecule has 0 fully saturated rings. The van der Waals surface area contributed by atoms with Gasteiger partial charge >= 0.3 is 0 Å². The minimum absolute atomic E-state index is 0.154. The molecule has 16 heavy (non-hydrogen) atoms. The molecule has 0 aliphatic carbocycles. The number of halogens is 1. The van der Waals surface area contributed by atoms with Crippen LogP contribution in [0.15, 0.2) is 24.3 Å². The Balaban J connectivity index is 2.41. The van der Waals surface area contributed by atoms with Gasteiger partial charge in [0.15, 0.2) is 5.82 Å². The third kappa shape index (κ3) is 1.88. The number of nitrogen functional groups attached to an aromatic ring is 1. The molecular formula is C11H13FN4. The highest BCUT2D eigenvalue weighted by Gasteiger charge is 2.10. The summed E-state index contributed by atoms with van der Waals surface area (Å²) in [7, 11) is 0. The van der Waals surface area contributed by atoms with Crippen molar-refractivity contribution < 1.29 is 4.39 Å². The van der Waals surface area contributed by atoms with Gasteiger partial charge in [0, 0.05) is 5.56 Å². The minimum Gasteiger partial charge on any atom is -0.368 e. The Morgan fingerprint density at radius 2 is 1.88 bits per heavy atom. The summed E-state index contributed by atoms with van der Waals surface area (Å²) < 4.78 is 14.4. The first kappa shape index (κ1) is 10.6. The molecule has 0 unspecified atom stereocenters. The van der Waals surface area contributed by atoms with Crippen molar-refractivity contribution in [1.29, 1.82) is 0 Å². The van der Waals surface area contributed by atoms with Crippen LogP contribution in [0.25, 0.3) is 11.4 Å². The second kappa shape index (κ2) is 3.92. The third-order valence-electron chi connectivity index (χ3n) is 2.25. The fraction of sp³-hybridized carbons (Fsp3) is 0.273. The quantitative estimate of drug-likeness (QED) is 0.844. The van der Waals surface area contributed by atoms with Gasteiger partial charge in [-0.15, -0.1) is 5.10 Å². The number of hydrogen-bond acceptors (Lipinski definition) is 3. The molecule has 0 atom stereocenters. The highest BCUT2D eigenvalue weighted by atomic mass is 19.1. The number of rotatable bonds is 2. The molecule has 2 rings (SSSR count). The molecule has 84 valence electrons. The van der Waals surface area contributed by atoms with Crippen molar-refractivity contribution in [3.8, 4) is 11.4 Å². The van der Waals surface area contributed by atoms with Crippen molar-refractivity contribution in [2.24, 2.45) is 0 Å². The highest BCUT2D eigenvalue weighted by molar-refractivity contribution is 5.55. The van der Waals surface area contributed by atoms with Gasteiger partial charge in [-0.1, -0.05) is 0 Å². The van der Waals surface area contributed by atoms with Gasteiger partial charge in [0.25, 0.3) is 0 Å². The second-order valence-corrected chi connectivity index (χ2v) is 3.84. The largest absolute Gasteiger partial charge is 0.368 e. The average Bonchev–Trinajstić information content (AvgIpc) is 2.61. The molecule has 0 bridgehead atoms. The summed E-state index contributed by atoms with van der Waals surface area (Å²) in [6, 6.07) is 6.17. The molecule has 1 heterocycles. The summed E-state index contributed by atoms with van der Waals surface area (Å²) in [6.45, 7) is 3.94. The first-order valence-corrected chi connectivity index (χ1v) is 5.06. The molecule has 2 N–H and O–H groups in total. The van der Waals surface area contributed by atoms with Crippen LogP contribution in [0.4, 0.5) is 10.3 Å². The fourth-order valence-corrected chi connectivity index (χ4v) is 1.44. The topological polar surface area (TPSA) is 56.7 Å². The summed E-state index contributed by atoms with van der Waals surface area (Å²) in [6.07, 6.45) is 0. The lowest BCUT2D eigenvalue weighted by Crippen LogP contribution is -2.07. The third-order valence-corrected chi connectivity index (χ3v) is 2.25. The monoisotopic (exact) mass is 220 g/mol. The van der Waals surface area contributed by atoms with E-state index in [0.717, 1.165) is 5.56 Å². The molecule has 0 radical (unpaired) electrons. The van der Waals surface area contributed by atoms with Gasteiger partial charge in [-0.3, -0.25) is 0 Å². The number of anilines is 1. The van der Waals surface area contributed by atoms with E-state index < -0.39 is 0 Å². The number of hydrogen-bond donors (Lipinski definition) is 1. The maximum Gasteiger partial charge on any atom is 0.219 e. The van der Waals surface area contributed by atoms with E-state index in [2.05, 4.69) is 10.1 Å². The van der Waals surface area contributed by atoms with Gasteiger partial charge in [-0.2, -0.15) is 4.98 Å². The standard InChI is InChI=1S/C11H13FN4/c1-7(2)16-11(13)14-10(15-16)8-3-5-9(12)6-4-8/h3-7H,1-2H3,(H2,13,14,15). The molecule has 0 aliphatic heterocycles. The van der Waals surface area contributed by atoms with Crippen molar-refractivity contribution in [2.75, 3.05) is 5.73 Å².